The van der Waals surface area contributed by atoms with Crippen LogP contribution in [-0.4, -0.2) is 21.6 Å². The SMILES string of the molecule is COc1cc(C2(C)CCCc3nc(SCc4ccncc4)n(-c4ccc(F)cc4)c32)ccc1Cl. The predicted octanol–water partition coefficient (Wildman–Crippen LogP) is 7.00. The van der Waals surface area contributed by atoms with Gasteiger partial charge in [0.1, 0.15) is 11.6 Å². The Hall–Kier alpha value is -2.83. The number of aromatic nitrogens is 3. The second-order valence-electron chi connectivity index (χ2n) is 8.68. The molecule has 4 nitrogen and oxygen atoms in total. The van der Waals surface area contributed by atoms with Crippen molar-refractivity contribution in [2.45, 2.75) is 42.5 Å². The Morgan fingerprint density at radius 1 is 1.12 bits per heavy atom. The smallest absolute Gasteiger partial charge is 0.173 e. The van der Waals surface area contributed by atoms with E-state index in [-0.39, 0.29) is 11.2 Å². The number of nitrogens with zero attached hydrogens (tertiary/aromatic N) is 3. The molecule has 7 heteroatoms. The van der Waals surface area contributed by atoms with Crippen LogP contribution in [0.5, 0.6) is 5.75 Å². The number of imidazole rings is 1. The molecule has 2 aromatic carbocycles. The third-order valence-electron chi connectivity index (χ3n) is 6.52. The van der Waals surface area contributed by atoms with Gasteiger partial charge in [-0.15, -0.1) is 0 Å². The molecule has 0 aliphatic heterocycles. The van der Waals surface area contributed by atoms with Gasteiger partial charge in [-0.3, -0.25) is 9.55 Å². The summed E-state index contributed by atoms with van der Waals surface area (Å²) < 4.78 is 21.5. The van der Waals surface area contributed by atoms with E-state index in [0.29, 0.717) is 10.8 Å². The number of fused-ring (bicyclic) bond motifs is 1. The Balaban J connectivity index is 1.66. The van der Waals surface area contributed by atoms with Crippen LogP contribution in [0.15, 0.2) is 72.1 Å². The van der Waals surface area contributed by atoms with Crippen molar-refractivity contribution in [3.05, 3.63) is 100 Å². The Morgan fingerprint density at radius 2 is 1.88 bits per heavy atom. The second kappa shape index (κ2) is 9.43. The van der Waals surface area contributed by atoms with Gasteiger partial charge in [-0.1, -0.05) is 29.4 Å². The lowest BCUT2D eigenvalue weighted by Crippen LogP contribution is -2.31. The summed E-state index contributed by atoms with van der Waals surface area (Å²) >= 11 is 8.02. The molecule has 2 aromatic heterocycles. The van der Waals surface area contributed by atoms with Crippen LogP contribution in [-0.2, 0) is 17.6 Å². The maximum Gasteiger partial charge on any atom is 0.173 e. The first-order valence-corrected chi connectivity index (χ1v) is 12.6. The first-order chi connectivity index (χ1) is 16.5. The van der Waals surface area contributed by atoms with Crippen molar-refractivity contribution in [3.63, 3.8) is 0 Å². The molecule has 1 aliphatic rings. The van der Waals surface area contributed by atoms with E-state index < -0.39 is 0 Å². The molecular formula is C27H25ClFN3OS. The molecule has 0 saturated carbocycles. The molecule has 0 spiro atoms. The van der Waals surface area contributed by atoms with Gasteiger partial charge in [-0.25, -0.2) is 9.37 Å². The highest BCUT2D eigenvalue weighted by Crippen LogP contribution is 2.46. The quantitative estimate of drug-likeness (QED) is 0.271. The van der Waals surface area contributed by atoms with Crippen LogP contribution < -0.4 is 4.74 Å². The molecule has 0 radical (unpaired) electrons. The zero-order valence-corrected chi connectivity index (χ0v) is 20.7. The molecule has 1 atom stereocenters. The number of hydrogen-bond acceptors (Lipinski definition) is 4. The molecule has 2 heterocycles. The fraction of sp³-hybridized carbons (Fsp3) is 0.259. The van der Waals surface area contributed by atoms with Gasteiger partial charge in [0.25, 0.3) is 0 Å². The van der Waals surface area contributed by atoms with Gasteiger partial charge >= 0.3 is 0 Å². The van der Waals surface area contributed by atoms with Crippen LogP contribution in [0.25, 0.3) is 5.69 Å². The highest BCUT2D eigenvalue weighted by atomic mass is 35.5. The fourth-order valence-corrected chi connectivity index (χ4v) is 5.93. The van der Waals surface area contributed by atoms with Gasteiger partial charge < -0.3 is 4.74 Å². The standard InChI is InChI=1S/C27H25ClFN3OS/c1-27(19-5-10-22(28)24(16-19)33-2)13-3-4-23-25(27)32(21-8-6-20(29)7-9-21)26(31-23)34-17-18-11-14-30-15-12-18/h5-12,14-16H,3-4,13,17H2,1-2H3. The highest BCUT2D eigenvalue weighted by molar-refractivity contribution is 7.98. The number of benzene rings is 2. The maximum atomic E-state index is 13.8. The first-order valence-electron chi connectivity index (χ1n) is 11.2. The molecule has 0 amide bonds. The largest absolute Gasteiger partial charge is 0.495 e. The summed E-state index contributed by atoms with van der Waals surface area (Å²) in [6.45, 7) is 2.26. The van der Waals surface area contributed by atoms with E-state index in [0.717, 1.165) is 52.8 Å². The van der Waals surface area contributed by atoms with Crippen molar-refractivity contribution < 1.29 is 9.13 Å². The van der Waals surface area contributed by atoms with Gasteiger partial charge in [0.05, 0.1) is 23.5 Å². The van der Waals surface area contributed by atoms with Gasteiger partial charge in [0.2, 0.25) is 0 Å². The summed E-state index contributed by atoms with van der Waals surface area (Å²) in [5, 5.41) is 1.49. The molecule has 4 aromatic rings. The summed E-state index contributed by atoms with van der Waals surface area (Å²) in [4.78, 5) is 9.22. The first kappa shape index (κ1) is 22.9. The Labute approximate surface area is 208 Å². The average molecular weight is 494 g/mol. The third-order valence-corrected chi connectivity index (χ3v) is 7.84. The van der Waals surface area contributed by atoms with E-state index in [2.05, 4.69) is 22.5 Å². The van der Waals surface area contributed by atoms with Gasteiger partial charge in [-0.2, -0.15) is 0 Å². The number of rotatable bonds is 6. The zero-order valence-electron chi connectivity index (χ0n) is 19.1. The van der Waals surface area contributed by atoms with Crippen LogP contribution in [0.4, 0.5) is 4.39 Å². The van der Waals surface area contributed by atoms with Crippen molar-refractivity contribution in [2.75, 3.05) is 7.11 Å². The van der Waals surface area contributed by atoms with Gasteiger partial charge in [0, 0.05) is 29.2 Å². The summed E-state index contributed by atoms with van der Waals surface area (Å²) in [6, 6.07) is 16.7. The summed E-state index contributed by atoms with van der Waals surface area (Å²) in [6.07, 6.45) is 6.51. The van der Waals surface area contributed by atoms with E-state index >= 15 is 0 Å². The van der Waals surface area contributed by atoms with E-state index in [9.17, 15) is 4.39 Å². The molecule has 34 heavy (non-hydrogen) atoms. The topological polar surface area (TPSA) is 39.9 Å². The molecule has 0 N–H and O–H groups in total. The van der Waals surface area contributed by atoms with E-state index in [1.54, 1.807) is 31.3 Å². The predicted molar refractivity (Wildman–Crippen MR) is 135 cm³/mol. The van der Waals surface area contributed by atoms with Crippen molar-refractivity contribution in [3.8, 4) is 11.4 Å². The number of thioether (sulfide) groups is 1. The fourth-order valence-electron chi connectivity index (χ4n) is 4.75. The van der Waals surface area contributed by atoms with Crippen molar-refractivity contribution in [2.24, 2.45) is 0 Å². The number of aryl methyl sites for hydroxylation is 1. The minimum Gasteiger partial charge on any atom is -0.495 e. The summed E-state index contributed by atoms with van der Waals surface area (Å²) in [5.74, 6) is 1.17. The Morgan fingerprint density at radius 3 is 2.62 bits per heavy atom. The molecule has 174 valence electrons. The monoisotopic (exact) mass is 493 g/mol. The average Bonchev–Trinajstić information content (AvgIpc) is 3.24. The van der Waals surface area contributed by atoms with Crippen molar-refractivity contribution >= 4 is 23.4 Å². The maximum absolute atomic E-state index is 13.8. The Bertz CT molecular complexity index is 1310. The highest BCUT2D eigenvalue weighted by Gasteiger charge is 2.40. The normalized spacial score (nSPS) is 17.4. The van der Waals surface area contributed by atoms with Crippen LogP contribution in [0.1, 0.15) is 42.3 Å². The Kier molecular flexibility index (Phi) is 6.36. The van der Waals surface area contributed by atoms with E-state index in [4.69, 9.17) is 21.3 Å². The van der Waals surface area contributed by atoms with E-state index in [1.165, 1.54) is 17.7 Å². The number of methoxy groups -OCH3 is 1. The molecular weight excluding hydrogens is 469 g/mol. The lowest BCUT2D eigenvalue weighted by atomic mass is 9.71. The van der Waals surface area contributed by atoms with Crippen molar-refractivity contribution in [1.82, 2.24) is 14.5 Å². The number of halogens is 2. The van der Waals surface area contributed by atoms with Crippen LogP contribution in [0.3, 0.4) is 0 Å². The minimum atomic E-state index is -0.303. The van der Waals surface area contributed by atoms with Crippen LogP contribution in [0, 0.1) is 5.82 Å². The summed E-state index contributed by atoms with van der Waals surface area (Å²) in [5.41, 5.74) is 5.14. The molecule has 1 aliphatic carbocycles. The third kappa shape index (κ3) is 4.21. The molecule has 0 saturated heterocycles. The summed E-state index contributed by atoms with van der Waals surface area (Å²) in [7, 11) is 1.64. The molecule has 1 unspecified atom stereocenters. The van der Waals surface area contributed by atoms with Crippen LogP contribution in [0.2, 0.25) is 5.02 Å². The van der Waals surface area contributed by atoms with Crippen molar-refractivity contribution in [1.29, 1.82) is 0 Å². The van der Waals surface area contributed by atoms with Gasteiger partial charge in [0.15, 0.2) is 5.16 Å². The number of ether oxygens (including phenoxy) is 1. The molecule has 0 fully saturated rings. The van der Waals surface area contributed by atoms with E-state index in [1.807, 2.05) is 36.4 Å². The van der Waals surface area contributed by atoms with Gasteiger partial charge in [-0.05, 0) is 85.8 Å². The lowest BCUT2D eigenvalue weighted by Gasteiger charge is -2.36. The molecule has 5 rings (SSSR count). The second-order valence-corrected chi connectivity index (χ2v) is 10.0. The lowest BCUT2D eigenvalue weighted by molar-refractivity contribution is 0.407. The minimum absolute atomic E-state index is 0.256. The number of pyridine rings is 1. The zero-order chi connectivity index (χ0) is 23.7. The number of hydrogen-bond donors (Lipinski definition) is 0. The van der Waals surface area contributed by atoms with Crippen LogP contribution >= 0.6 is 23.4 Å². The molecule has 0 bridgehead atoms.